The fraction of sp³-hybridized carbons (Fsp3) is 0.500. The van der Waals surface area contributed by atoms with Crippen molar-refractivity contribution in [3.63, 3.8) is 0 Å². The van der Waals surface area contributed by atoms with E-state index < -0.39 is 0 Å². The number of nitrogens with one attached hydrogen (secondary N) is 2. The number of nitrogens with zero attached hydrogens (tertiary/aromatic N) is 3. The fourth-order valence-corrected chi connectivity index (χ4v) is 4.15. The molecule has 7 nitrogen and oxygen atoms in total. The Hall–Kier alpha value is -2.16. The second-order valence-electron chi connectivity index (χ2n) is 7.83. The lowest BCUT2D eigenvalue weighted by atomic mass is 10.1. The van der Waals surface area contributed by atoms with Gasteiger partial charge in [-0.1, -0.05) is 23.9 Å². The van der Waals surface area contributed by atoms with Gasteiger partial charge in [0.2, 0.25) is 0 Å². The molecule has 2 aromatic rings. The zero-order valence-corrected chi connectivity index (χ0v) is 18.9. The number of hydrogen-bond acceptors (Lipinski definition) is 6. The van der Waals surface area contributed by atoms with E-state index in [9.17, 15) is 4.79 Å². The smallest absolute Gasteiger partial charge is 0.251 e. The van der Waals surface area contributed by atoms with E-state index >= 15 is 0 Å². The van der Waals surface area contributed by atoms with Gasteiger partial charge in [0.15, 0.2) is 5.16 Å². The number of anilines is 1. The number of hydrogen-bond donors (Lipinski definition) is 2. The average Bonchev–Trinajstić information content (AvgIpc) is 3.27. The number of methoxy groups -OCH3 is 1. The van der Waals surface area contributed by atoms with Gasteiger partial charge in [0.1, 0.15) is 5.82 Å². The van der Waals surface area contributed by atoms with E-state index in [-0.39, 0.29) is 5.91 Å². The summed E-state index contributed by atoms with van der Waals surface area (Å²) in [4.78, 5) is 25.4. The molecule has 2 heterocycles. The van der Waals surface area contributed by atoms with Gasteiger partial charge in [0.25, 0.3) is 5.91 Å². The fourth-order valence-electron chi connectivity index (χ4n) is 3.33. The minimum absolute atomic E-state index is 0.0299. The number of carbonyl (C=O) groups excluding carboxylic acids is 1. The number of amides is 1. The SMILES string of the molecule is COCc1cc(N2CCCC2)nc(SCc2cccc(C(=O)NCC[NH+](C)C)c2)n1. The standard InChI is InChI=1S/C22H31N5O2S/c1-26(2)12-9-23-21(28)18-8-6-7-17(13-18)16-30-22-24-19(15-29-3)14-20(25-22)27-10-4-5-11-27/h6-8,13-14H,4-5,9-12,15-16H2,1-3H3,(H,23,28)/p+1. The molecule has 0 aliphatic carbocycles. The molecule has 0 unspecified atom stereocenters. The molecule has 8 heteroatoms. The third-order valence-electron chi connectivity index (χ3n) is 4.94. The van der Waals surface area contributed by atoms with E-state index in [0.29, 0.717) is 24.5 Å². The van der Waals surface area contributed by atoms with Gasteiger partial charge in [-0.25, -0.2) is 9.97 Å². The summed E-state index contributed by atoms with van der Waals surface area (Å²) in [6, 6.07) is 9.80. The highest BCUT2D eigenvalue weighted by molar-refractivity contribution is 7.98. The largest absolute Gasteiger partial charge is 0.378 e. The predicted octanol–water partition coefficient (Wildman–Crippen LogP) is 1.39. The van der Waals surface area contributed by atoms with Gasteiger partial charge in [-0.2, -0.15) is 0 Å². The molecule has 30 heavy (non-hydrogen) atoms. The van der Waals surface area contributed by atoms with Crippen LogP contribution < -0.4 is 15.1 Å². The molecule has 0 atom stereocenters. The van der Waals surface area contributed by atoms with E-state index in [2.05, 4.69) is 29.3 Å². The van der Waals surface area contributed by atoms with Crippen LogP contribution in [-0.4, -0.2) is 63.3 Å². The molecule has 0 bridgehead atoms. The summed E-state index contributed by atoms with van der Waals surface area (Å²) in [6.45, 7) is 4.12. The van der Waals surface area contributed by atoms with Crippen molar-refractivity contribution < 1.29 is 14.4 Å². The first-order valence-corrected chi connectivity index (χ1v) is 11.4. The maximum absolute atomic E-state index is 12.4. The third kappa shape index (κ3) is 6.68. The maximum atomic E-state index is 12.4. The van der Waals surface area contributed by atoms with Crippen molar-refractivity contribution in [2.24, 2.45) is 0 Å². The highest BCUT2D eigenvalue weighted by atomic mass is 32.2. The van der Waals surface area contributed by atoms with Gasteiger partial charge >= 0.3 is 0 Å². The van der Waals surface area contributed by atoms with Crippen LogP contribution in [0.1, 0.15) is 34.5 Å². The van der Waals surface area contributed by atoms with Crippen LogP contribution in [0.2, 0.25) is 0 Å². The molecule has 0 radical (unpaired) electrons. The number of likely N-dealkylation sites (N-methyl/N-ethyl adjacent to an activating group) is 1. The Morgan fingerprint density at radius 2 is 2.03 bits per heavy atom. The second kappa shape index (κ2) is 11.3. The van der Waals surface area contributed by atoms with Crippen LogP contribution >= 0.6 is 11.8 Å². The molecule has 1 aliphatic heterocycles. The molecule has 162 valence electrons. The molecule has 1 aromatic heterocycles. The number of quaternary nitrogens is 1. The van der Waals surface area contributed by atoms with Crippen LogP contribution in [0.5, 0.6) is 0 Å². The Labute approximate surface area is 183 Å². The van der Waals surface area contributed by atoms with Crippen LogP contribution in [0, 0.1) is 0 Å². The first-order chi connectivity index (χ1) is 14.5. The molecule has 1 amide bonds. The lowest BCUT2D eigenvalue weighted by molar-refractivity contribution is -0.856. The minimum atomic E-state index is -0.0299. The summed E-state index contributed by atoms with van der Waals surface area (Å²) in [5, 5.41) is 3.73. The lowest BCUT2D eigenvalue weighted by Crippen LogP contribution is -3.06. The summed E-state index contributed by atoms with van der Waals surface area (Å²) in [7, 11) is 5.83. The maximum Gasteiger partial charge on any atom is 0.251 e. The number of aromatic nitrogens is 2. The van der Waals surface area contributed by atoms with Crippen LogP contribution in [-0.2, 0) is 17.1 Å². The number of rotatable bonds is 10. The van der Waals surface area contributed by atoms with Crippen LogP contribution in [0.3, 0.4) is 0 Å². The van der Waals surface area contributed by atoms with Crippen molar-refractivity contribution in [1.82, 2.24) is 15.3 Å². The molecular weight excluding hydrogens is 398 g/mol. The number of ether oxygens (including phenoxy) is 1. The Bertz CT molecular complexity index is 840. The Morgan fingerprint density at radius 1 is 1.23 bits per heavy atom. The van der Waals surface area contributed by atoms with Gasteiger partial charge in [0, 0.05) is 37.6 Å². The van der Waals surface area contributed by atoms with Gasteiger partial charge in [-0.05, 0) is 30.5 Å². The molecule has 1 saturated heterocycles. The highest BCUT2D eigenvalue weighted by Gasteiger charge is 2.16. The Morgan fingerprint density at radius 3 is 2.77 bits per heavy atom. The molecule has 3 rings (SSSR count). The average molecular weight is 431 g/mol. The monoisotopic (exact) mass is 430 g/mol. The Balaban J connectivity index is 1.65. The molecule has 1 fully saturated rings. The highest BCUT2D eigenvalue weighted by Crippen LogP contribution is 2.25. The topological polar surface area (TPSA) is 71.8 Å². The minimum Gasteiger partial charge on any atom is -0.378 e. The van der Waals surface area contributed by atoms with E-state index in [1.807, 2.05) is 30.3 Å². The molecular formula is C22H32N5O2S+. The zero-order chi connectivity index (χ0) is 21.3. The number of thioether (sulfide) groups is 1. The predicted molar refractivity (Wildman–Crippen MR) is 120 cm³/mol. The van der Waals surface area contributed by atoms with E-state index in [1.165, 1.54) is 17.7 Å². The van der Waals surface area contributed by atoms with Crippen molar-refractivity contribution in [3.05, 3.63) is 47.2 Å². The normalized spacial score (nSPS) is 13.8. The van der Waals surface area contributed by atoms with Crippen LogP contribution in [0.15, 0.2) is 35.5 Å². The quantitative estimate of drug-likeness (QED) is 0.439. The zero-order valence-electron chi connectivity index (χ0n) is 18.1. The molecule has 1 aromatic carbocycles. The second-order valence-corrected chi connectivity index (χ2v) is 8.77. The van der Waals surface area contributed by atoms with E-state index in [4.69, 9.17) is 9.72 Å². The van der Waals surface area contributed by atoms with Crippen molar-refractivity contribution in [2.45, 2.75) is 30.4 Å². The Kier molecular flexibility index (Phi) is 8.48. The van der Waals surface area contributed by atoms with Gasteiger partial charge in [-0.15, -0.1) is 0 Å². The first-order valence-electron chi connectivity index (χ1n) is 10.5. The summed E-state index contributed by atoms with van der Waals surface area (Å²) >= 11 is 1.59. The summed E-state index contributed by atoms with van der Waals surface area (Å²) in [6.07, 6.45) is 2.41. The number of benzene rings is 1. The lowest BCUT2D eigenvalue weighted by Gasteiger charge is -2.17. The van der Waals surface area contributed by atoms with Crippen molar-refractivity contribution >= 4 is 23.5 Å². The van der Waals surface area contributed by atoms with Crippen LogP contribution in [0.25, 0.3) is 0 Å². The molecule has 1 aliphatic rings. The van der Waals surface area contributed by atoms with Crippen LogP contribution in [0.4, 0.5) is 5.82 Å². The van der Waals surface area contributed by atoms with Gasteiger partial charge in [0.05, 0.1) is 39.5 Å². The van der Waals surface area contributed by atoms with Crippen molar-refractivity contribution in [1.29, 1.82) is 0 Å². The summed E-state index contributed by atoms with van der Waals surface area (Å²) in [5.74, 6) is 1.66. The van der Waals surface area contributed by atoms with Gasteiger partial charge in [-0.3, -0.25) is 4.79 Å². The van der Waals surface area contributed by atoms with Crippen molar-refractivity contribution in [2.75, 3.05) is 52.3 Å². The van der Waals surface area contributed by atoms with E-state index in [1.54, 1.807) is 18.9 Å². The molecule has 0 saturated carbocycles. The first kappa shape index (κ1) is 22.5. The third-order valence-corrected chi connectivity index (χ3v) is 5.85. The van der Waals surface area contributed by atoms with E-state index in [0.717, 1.165) is 41.9 Å². The molecule has 2 N–H and O–H groups in total. The van der Waals surface area contributed by atoms with Gasteiger partial charge < -0.3 is 19.9 Å². The summed E-state index contributed by atoms with van der Waals surface area (Å²) < 4.78 is 5.29. The van der Waals surface area contributed by atoms with Crippen molar-refractivity contribution in [3.8, 4) is 0 Å². The summed E-state index contributed by atoms with van der Waals surface area (Å²) in [5.41, 5.74) is 2.66. The molecule has 0 spiro atoms. The number of carbonyl (C=O) groups is 1.